The summed E-state index contributed by atoms with van der Waals surface area (Å²) < 4.78 is 29.3. The van der Waals surface area contributed by atoms with E-state index in [9.17, 15) is 8.42 Å². The highest BCUT2D eigenvalue weighted by Crippen LogP contribution is 1.97. The van der Waals surface area contributed by atoms with Gasteiger partial charge in [-0.25, -0.2) is 0 Å². The molecule has 0 bridgehead atoms. The van der Waals surface area contributed by atoms with Gasteiger partial charge in [0.05, 0.1) is 12.3 Å². The number of quaternary nitrogens is 1. The zero-order valence-electron chi connectivity index (χ0n) is 6.95. The van der Waals surface area contributed by atoms with Gasteiger partial charge in [0.15, 0.2) is 0 Å². The Bertz CT molecular complexity index is 202. The highest BCUT2D eigenvalue weighted by Gasteiger charge is 2.06. The number of nitrogens with zero attached hydrogens (tertiary/aromatic N) is 1. The SMILES string of the molecule is [CH2-][N+](C)(C)CCCS(=O)(=O)O. The molecule has 1 N–H and O–H groups in total. The van der Waals surface area contributed by atoms with Crippen molar-refractivity contribution < 1.29 is 17.5 Å². The van der Waals surface area contributed by atoms with Crippen molar-refractivity contribution >= 4 is 10.1 Å². The maximum atomic E-state index is 10.2. The Morgan fingerprint density at radius 2 is 1.91 bits per heavy atom. The van der Waals surface area contributed by atoms with Crippen LogP contribution in [0.4, 0.5) is 0 Å². The van der Waals surface area contributed by atoms with E-state index >= 15 is 0 Å². The predicted octanol–water partition coefficient (Wildman–Crippen LogP) is 0.132. The summed E-state index contributed by atoms with van der Waals surface area (Å²) in [6.07, 6.45) is 0.440. The molecule has 0 spiro atoms. The Morgan fingerprint density at radius 1 is 1.45 bits per heavy atom. The molecule has 0 aromatic rings. The molecule has 5 heteroatoms. The van der Waals surface area contributed by atoms with Crippen LogP contribution in [0.15, 0.2) is 0 Å². The molecule has 0 aliphatic rings. The molecule has 11 heavy (non-hydrogen) atoms. The fourth-order valence-electron chi connectivity index (χ4n) is 0.675. The van der Waals surface area contributed by atoms with Gasteiger partial charge in [0.25, 0.3) is 10.1 Å². The van der Waals surface area contributed by atoms with Crippen molar-refractivity contribution in [1.82, 2.24) is 0 Å². The fraction of sp³-hybridized carbons (Fsp3) is 0.833. The van der Waals surface area contributed by atoms with Gasteiger partial charge < -0.3 is 4.48 Å². The van der Waals surface area contributed by atoms with E-state index in [2.05, 4.69) is 7.05 Å². The second-order valence-corrected chi connectivity index (χ2v) is 4.87. The van der Waals surface area contributed by atoms with Crippen molar-refractivity contribution in [3.05, 3.63) is 7.05 Å². The minimum atomic E-state index is -3.78. The van der Waals surface area contributed by atoms with Gasteiger partial charge in [0.2, 0.25) is 0 Å². The summed E-state index contributed by atoms with van der Waals surface area (Å²) in [6.45, 7) is 0.639. The van der Waals surface area contributed by atoms with Crippen LogP contribution in [0.1, 0.15) is 6.42 Å². The summed E-state index contributed by atoms with van der Waals surface area (Å²) in [5.74, 6) is -0.176. The van der Waals surface area contributed by atoms with E-state index in [0.717, 1.165) is 0 Å². The molecular formula is C6H15NO3S. The zero-order valence-corrected chi connectivity index (χ0v) is 7.76. The quantitative estimate of drug-likeness (QED) is 0.381. The van der Waals surface area contributed by atoms with E-state index in [-0.39, 0.29) is 5.75 Å². The second-order valence-electron chi connectivity index (χ2n) is 3.30. The molecule has 0 amide bonds. The summed E-state index contributed by atoms with van der Waals surface area (Å²) in [6, 6.07) is 0. The van der Waals surface area contributed by atoms with Crippen LogP contribution in [0.3, 0.4) is 0 Å². The van der Waals surface area contributed by atoms with Crippen LogP contribution in [-0.4, -0.2) is 43.8 Å². The van der Waals surface area contributed by atoms with Crippen LogP contribution in [-0.2, 0) is 10.1 Å². The summed E-state index contributed by atoms with van der Waals surface area (Å²) in [7, 11) is 3.70. The average Bonchev–Trinajstić information content (AvgIpc) is 1.55. The van der Waals surface area contributed by atoms with E-state index in [1.165, 1.54) is 0 Å². The maximum absolute atomic E-state index is 10.2. The van der Waals surface area contributed by atoms with Crippen molar-refractivity contribution in [3.8, 4) is 0 Å². The smallest absolute Gasteiger partial charge is 0.265 e. The lowest BCUT2D eigenvalue weighted by Gasteiger charge is -2.32. The van der Waals surface area contributed by atoms with E-state index in [1.807, 2.05) is 14.1 Å². The van der Waals surface area contributed by atoms with E-state index in [0.29, 0.717) is 17.4 Å². The largest absolute Gasteiger partial charge is 0.462 e. The molecule has 0 aromatic carbocycles. The third-order valence-electron chi connectivity index (χ3n) is 1.17. The topological polar surface area (TPSA) is 54.4 Å². The van der Waals surface area contributed by atoms with Crippen molar-refractivity contribution in [3.63, 3.8) is 0 Å². The van der Waals surface area contributed by atoms with Gasteiger partial charge in [0.1, 0.15) is 0 Å². The molecule has 0 aromatic heterocycles. The van der Waals surface area contributed by atoms with E-state index in [4.69, 9.17) is 4.55 Å². The first kappa shape index (κ1) is 10.9. The Kier molecular flexibility index (Phi) is 3.47. The van der Waals surface area contributed by atoms with Crippen LogP contribution < -0.4 is 0 Å². The highest BCUT2D eigenvalue weighted by molar-refractivity contribution is 7.85. The lowest BCUT2D eigenvalue weighted by molar-refractivity contribution is -0.845. The van der Waals surface area contributed by atoms with Crippen molar-refractivity contribution in [1.29, 1.82) is 0 Å². The first-order valence-corrected chi connectivity index (χ1v) is 4.94. The first-order chi connectivity index (χ1) is 4.71. The van der Waals surface area contributed by atoms with Gasteiger partial charge in [-0.05, 0) is 0 Å². The standard InChI is InChI=1S/C6H15NO3S/c1-7(2,3)5-4-6-11(8,9)10/h1,4-6H2,2-3H3,(H,8,9,10). The highest BCUT2D eigenvalue weighted by atomic mass is 32.2. The Hall–Kier alpha value is -0.130. The van der Waals surface area contributed by atoms with Crippen LogP contribution >= 0.6 is 0 Å². The van der Waals surface area contributed by atoms with Gasteiger partial charge in [-0.3, -0.25) is 4.55 Å². The molecule has 0 aliphatic heterocycles. The summed E-state index contributed by atoms with van der Waals surface area (Å²) >= 11 is 0. The lowest BCUT2D eigenvalue weighted by atomic mass is 10.4. The van der Waals surface area contributed by atoms with Crippen LogP contribution in [0.25, 0.3) is 0 Å². The minimum Gasteiger partial charge on any atom is -0.462 e. The molecule has 0 atom stereocenters. The molecule has 0 aliphatic carbocycles. The zero-order chi connectivity index (χ0) is 9.12. The Labute approximate surface area is 68.2 Å². The normalized spacial score (nSPS) is 13.5. The minimum absolute atomic E-state index is 0.176. The third kappa shape index (κ3) is 9.87. The Morgan fingerprint density at radius 3 is 2.18 bits per heavy atom. The predicted molar refractivity (Wildman–Crippen MR) is 43.4 cm³/mol. The summed E-state index contributed by atoms with van der Waals surface area (Å²) in [4.78, 5) is 0. The van der Waals surface area contributed by atoms with Gasteiger partial charge in [-0.15, -0.1) is 7.05 Å². The van der Waals surface area contributed by atoms with Crippen LogP contribution in [0, 0.1) is 7.05 Å². The molecule has 0 radical (unpaired) electrons. The number of hydrogen-bond acceptors (Lipinski definition) is 2. The summed E-state index contributed by atoms with van der Waals surface area (Å²) in [5, 5.41) is 0. The number of hydrogen-bond donors (Lipinski definition) is 1. The van der Waals surface area contributed by atoms with E-state index in [1.54, 1.807) is 0 Å². The second kappa shape index (κ2) is 3.51. The monoisotopic (exact) mass is 181 g/mol. The molecule has 68 valence electrons. The molecule has 0 saturated heterocycles. The molecular weight excluding hydrogens is 166 g/mol. The first-order valence-electron chi connectivity index (χ1n) is 3.33. The Balaban J connectivity index is 3.61. The van der Waals surface area contributed by atoms with Gasteiger partial charge in [-0.1, -0.05) is 0 Å². The molecule has 0 saturated carbocycles. The van der Waals surface area contributed by atoms with E-state index < -0.39 is 10.1 Å². The van der Waals surface area contributed by atoms with Gasteiger partial charge in [0, 0.05) is 20.5 Å². The molecule has 0 fully saturated rings. The molecule has 0 rings (SSSR count). The average molecular weight is 181 g/mol. The van der Waals surface area contributed by atoms with Gasteiger partial charge in [-0.2, -0.15) is 8.42 Å². The van der Waals surface area contributed by atoms with Crippen molar-refractivity contribution in [2.75, 3.05) is 26.4 Å². The number of rotatable bonds is 4. The fourth-order valence-corrected chi connectivity index (χ4v) is 1.17. The third-order valence-corrected chi connectivity index (χ3v) is 1.97. The lowest BCUT2D eigenvalue weighted by Crippen LogP contribution is -2.33. The van der Waals surface area contributed by atoms with Gasteiger partial charge >= 0.3 is 0 Å². The van der Waals surface area contributed by atoms with Crippen molar-refractivity contribution in [2.45, 2.75) is 6.42 Å². The van der Waals surface area contributed by atoms with Crippen molar-refractivity contribution in [2.24, 2.45) is 0 Å². The summed E-state index contributed by atoms with van der Waals surface area (Å²) in [5.41, 5.74) is 0. The maximum Gasteiger partial charge on any atom is 0.265 e. The van der Waals surface area contributed by atoms with Crippen LogP contribution in [0.5, 0.6) is 0 Å². The molecule has 4 nitrogen and oxygen atoms in total. The van der Waals surface area contributed by atoms with Crippen LogP contribution in [0.2, 0.25) is 0 Å². The molecule has 0 heterocycles. The molecule has 0 unspecified atom stereocenters.